The first-order chi connectivity index (χ1) is 13.1. The Labute approximate surface area is 161 Å². The van der Waals surface area contributed by atoms with Gasteiger partial charge in [0.05, 0.1) is 11.1 Å². The van der Waals surface area contributed by atoms with Gasteiger partial charge in [-0.25, -0.2) is 0 Å². The van der Waals surface area contributed by atoms with E-state index in [-0.39, 0.29) is 18.7 Å². The van der Waals surface area contributed by atoms with Crippen molar-refractivity contribution in [2.45, 2.75) is 36.6 Å². The monoisotopic (exact) mass is 387 g/mol. The van der Waals surface area contributed by atoms with E-state index >= 15 is 0 Å². The zero-order valence-electron chi connectivity index (χ0n) is 14.8. The van der Waals surface area contributed by atoms with Gasteiger partial charge in [-0.2, -0.15) is 0 Å². The number of imide groups is 2. The minimum absolute atomic E-state index is 0.125. The molecule has 8 heteroatoms. The molecule has 2 fully saturated rings. The molecular formula is C19H21N3O4S. The van der Waals surface area contributed by atoms with Gasteiger partial charge in [0.2, 0.25) is 11.8 Å². The summed E-state index contributed by atoms with van der Waals surface area (Å²) in [5, 5.41) is 5.60. The molecule has 3 aliphatic rings. The fourth-order valence-electron chi connectivity index (χ4n) is 3.88. The van der Waals surface area contributed by atoms with Gasteiger partial charge in [0.25, 0.3) is 11.8 Å². The average Bonchev–Trinajstić information content (AvgIpc) is 2.93. The minimum Gasteiger partial charge on any atom is -0.316 e. The summed E-state index contributed by atoms with van der Waals surface area (Å²) in [4.78, 5) is 51.2. The molecule has 7 nitrogen and oxygen atoms in total. The lowest BCUT2D eigenvalue weighted by atomic mass is 10.0. The van der Waals surface area contributed by atoms with Gasteiger partial charge in [0.15, 0.2) is 0 Å². The first-order valence-electron chi connectivity index (χ1n) is 9.24. The van der Waals surface area contributed by atoms with E-state index in [1.165, 1.54) is 0 Å². The van der Waals surface area contributed by atoms with Crippen LogP contribution in [0.1, 0.15) is 46.4 Å². The smallest absolute Gasteiger partial charge is 0.263 e. The molecule has 4 amide bonds. The van der Waals surface area contributed by atoms with Crippen molar-refractivity contribution in [2.24, 2.45) is 5.92 Å². The van der Waals surface area contributed by atoms with Crippen LogP contribution in [0, 0.1) is 5.92 Å². The molecule has 142 valence electrons. The summed E-state index contributed by atoms with van der Waals surface area (Å²) in [5.74, 6) is -0.421. The maximum absolute atomic E-state index is 13.0. The second-order valence-corrected chi connectivity index (χ2v) is 8.21. The van der Waals surface area contributed by atoms with Crippen LogP contribution in [0.25, 0.3) is 0 Å². The minimum atomic E-state index is -0.921. The molecule has 0 aliphatic carbocycles. The van der Waals surface area contributed by atoms with Crippen molar-refractivity contribution < 1.29 is 19.2 Å². The number of amides is 4. The fourth-order valence-corrected chi connectivity index (χ4v) is 5.09. The Morgan fingerprint density at radius 3 is 2.70 bits per heavy atom. The van der Waals surface area contributed by atoms with Crippen LogP contribution in [0.2, 0.25) is 0 Å². The normalized spacial score (nSPS) is 25.6. The van der Waals surface area contributed by atoms with Crippen molar-refractivity contribution >= 4 is 35.4 Å². The third-order valence-corrected chi connectivity index (χ3v) is 6.59. The number of rotatable bonds is 4. The number of nitrogens with one attached hydrogen (secondary N) is 2. The second-order valence-electron chi connectivity index (χ2n) is 7.15. The van der Waals surface area contributed by atoms with E-state index in [1.807, 2.05) is 6.07 Å². The topological polar surface area (TPSA) is 95.6 Å². The summed E-state index contributed by atoms with van der Waals surface area (Å²) >= 11 is 1.59. The lowest BCUT2D eigenvalue weighted by Gasteiger charge is -2.27. The summed E-state index contributed by atoms with van der Waals surface area (Å²) in [5.41, 5.74) is 0.734. The molecule has 0 saturated carbocycles. The number of carbonyl (C=O) groups is 4. The molecule has 27 heavy (non-hydrogen) atoms. The molecule has 2 N–H and O–H groups in total. The summed E-state index contributed by atoms with van der Waals surface area (Å²) in [6, 6.07) is 4.35. The fraction of sp³-hybridized carbons (Fsp3) is 0.474. The second kappa shape index (κ2) is 7.44. The highest BCUT2D eigenvalue weighted by atomic mass is 32.2. The van der Waals surface area contributed by atoms with Gasteiger partial charge in [-0.1, -0.05) is 6.07 Å². The molecule has 3 aliphatic heterocycles. The van der Waals surface area contributed by atoms with E-state index in [2.05, 4.69) is 10.6 Å². The molecule has 0 radical (unpaired) electrons. The number of hydrogen-bond donors (Lipinski definition) is 2. The Hall–Kier alpha value is -2.19. The highest BCUT2D eigenvalue weighted by molar-refractivity contribution is 7.99. The summed E-state index contributed by atoms with van der Waals surface area (Å²) < 4.78 is 0. The number of hydrogen-bond acceptors (Lipinski definition) is 6. The predicted octanol–water partition coefficient (Wildman–Crippen LogP) is 1.18. The summed E-state index contributed by atoms with van der Waals surface area (Å²) in [6.07, 6.45) is 2.61. The Morgan fingerprint density at radius 1 is 1.11 bits per heavy atom. The van der Waals surface area contributed by atoms with Crippen LogP contribution in [-0.2, 0) is 9.59 Å². The highest BCUT2D eigenvalue weighted by Gasteiger charge is 2.45. The average molecular weight is 387 g/mol. The third-order valence-electron chi connectivity index (χ3n) is 5.30. The maximum atomic E-state index is 13.0. The predicted molar refractivity (Wildman–Crippen MR) is 99.4 cm³/mol. The largest absolute Gasteiger partial charge is 0.316 e. The van der Waals surface area contributed by atoms with Crippen LogP contribution in [-0.4, -0.2) is 53.4 Å². The van der Waals surface area contributed by atoms with Gasteiger partial charge in [-0.05, 0) is 50.4 Å². The van der Waals surface area contributed by atoms with Crippen LogP contribution < -0.4 is 10.6 Å². The summed E-state index contributed by atoms with van der Waals surface area (Å²) in [7, 11) is 0. The van der Waals surface area contributed by atoms with Gasteiger partial charge in [-0.15, -0.1) is 11.8 Å². The molecule has 0 bridgehead atoms. The number of carbonyl (C=O) groups excluding carboxylic acids is 4. The molecule has 3 heterocycles. The van der Waals surface area contributed by atoms with Crippen molar-refractivity contribution in [3.8, 4) is 0 Å². The first-order valence-corrected chi connectivity index (χ1v) is 10.2. The standard InChI is InChI=1S/C19H21N3O4S/c23-15-7-6-13(17(24)21-15)22-18(25)12-4-1-5-14(16(12)19(22)26)27-10-11-3-2-8-20-9-11/h1,4-5,11,13,20H,2-3,6-10H2,(H,21,23,24). The number of benzene rings is 1. The van der Waals surface area contributed by atoms with Crippen molar-refractivity contribution in [1.29, 1.82) is 0 Å². The van der Waals surface area contributed by atoms with Crippen LogP contribution in [0.5, 0.6) is 0 Å². The Kier molecular flexibility index (Phi) is 5.01. The van der Waals surface area contributed by atoms with E-state index < -0.39 is 23.8 Å². The van der Waals surface area contributed by atoms with Gasteiger partial charge < -0.3 is 5.32 Å². The molecular weight excluding hydrogens is 366 g/mol. The van der Waals surface area contributed by atoms with E-state index in [1.54, 1.807) is 23.9 Å². The third kappa shape index (κ3) is 3.39. The van der Waals surface area contributed by atoms with Gasteiger partial charge in [0.1, 0.15) is 6.04 Å². The van der Waals surface area contributed by atoms with E-state index in [0.717, 1.165) is 41.5 Å². The van der Waals surface area contributed by atoms with Gasteiger partial charge in [0, 0.05) is 17.1 Å². The van der Waals surface area contributed by atoms with Crippen LogP contribution in [0.15, 0.2) is 23.1 Å². The Bertz CT molecular complexity index is 819. The molecule has 1 aromatic rings. The molecule has 0 aromatic heterocycles. The zero-order chi connectivity index (χ0) is 19.0. The van der Waals surface area contributed by atoms with Gasteiger partial charge >= 0.3 is 0 Å². The van der Waals surface area contributed by atoms with Gasteiger partial charge in [-0.3, -0.25) is 29.4 Å². The molecule has 4 rings (SSSR count). The van der Waals surface area contributed by atoms with Crippen molar-refractivity contribution in [1.82, 2.24) is 15.5 Å². The van der Waals surface area contributed by atoms with Crippen LogP contribution in [0.3, 0.4) is 0 Å². The Morgan fingerprint density at radius 2 is 1.96 bits per heavy atom. The highest BCUT2D eigenvalue weighted by Crippen LogP contribution is 2.35. The quantitative estimate of drug-likeness (QED) is 0.595. The number of thioether (sulfide) groups is 1. The Balaban J connectivity index is 1.55. The van der Waals surface area contributed by atoms with Crippen molar-refractivity contribution in [3.63, 3.8) is 0 Å². The lowest BCUT2D eigenvalue weighted by Crippen LogP contribution is -2.54. The van der Waals surface area contributed by atoms with Crippen molar-refractivity contribution in [3.05, 3.63) is 29.3 Å². The molecule has 1 aromatic carbocycles. The first kappa shape index (κ1) is 18.2. The molecule has 2 unspecified atom stereocenters. The van der Waals surface area contributed by atoms with Crippen LogP contribution in [0.4, 0.5) is 0 Å². The lowest BCUT2D eigenvalue weighted by molar-refractivity contribution is -0.136. The molecule has 0 spiro atoms. The number of nitrogens with zero attached hydrogens (tertiary/aromatic N) is 1. The number of fused-ring (bicyclic) bond motifs is 1. The maximum Gasteiger partial charge on any atom is 0.263 e. The molecule has 2 atom stereocenters. The SMILES string of the molecule is O=C1CCC(N2C(=O)c3cccc(SCC4CCCNC4)c3C2=O)C(=O)N1. The van der Waals surface area contributed by atoms with E-state index in [0.29, 0.717) is 17.0 Å². The number of piperidine rings is 2. The summed E-state index contributed by atoms with van der Waals surface area (Å²) in [6.45, 7) is 2.02. The molecule has 2 saturated heterocycles. The van der Waals surface area contributed by atoms with E-state index in [9.17, 15) is 19.2 Å². The zero-order valence-corrected chi connectivity index (χ0v) is 15.6. The van der Waals surface area contributed by atoms with Crippen LogP contribution >= 0.6 is 11.8 Å². The van der Waals surface area contributed by atoms with Crippen molar-refractivity contribution in [2.75, 3.05) is 18.8 Å². The van der Waals surface area contributed by atoms with E-state index in [4.69, 9.17) is 0 Å².